The summed E-state index contributed by atoms with van der Waals surface area (Å²) in [4.78, 5) is 12.3. The average molecular weight is 282 g/mol. The Hall–Kier alpha value is -1.07. The van der Waals surface area contributed by atoms with Crippen molar-refractivity contribution in [1.29, 1.82) is 0 Å². The lowest BCUT2D eigenvalue weighted by Gasteiger charge is -2.17. The van der Waals surface area contributed by atoms with Crippen LogP contribution in [0.15, 0.2) is 30.3 Å². The van der Waals surface area contributed by atoms with E-state index in [4.69, 9.17) is 18.0 Å². The Morgan fingerprint density at radius 3 is 2.56 bits per heavy atom. The standard InChI is InChI=1S/C13H18N2OS2/c1-9(18-2)8-15-13(16)11(12(14)17)10-6-4-3-5-7-10/h3-7,9,11H,8H2,1-2H3,(H2,14,17)(H,15,16). The van der Waals surface area contributed by atoms with Crippen LogP contribution >= 0.6 is 24.0 Å². The monoisotopic (exact) mass is 282 g/mol. The van der Waals surface area contributed by atoms with Crippen molar-refractivity contribution in [3.05, 3.63) is 35.9 Å². The molecule has 0 saturated carbocycles. The first-order valence-electron chi connectivity index (χ1n) is 5.71. The molecule has 1 rings (SSSR count). The average Bonchev–Trinajstić information content (AvgIpc) is 2.37. The van der Waals surface area contributed by atoms with Crippen LogP contribution in [0.25, 0.3) is 0 Å². The number of carbonyl (C=O) groups excluding carboxylic acids is 1. The highest BCUT2D eigenvalue weighted by atomic mass is 32.2. The van der Waals surface area contributed by atoms with Crippen molar-refractivity contribution in [3.8, 4) is 0 Å². The topological polar surface area (TPSA) is 55.1 Å². The molecule has 3 nitrogen and oxygen atoms in total. The lowest BCUT2D eigenvalue weighted by molar-refractivity contribution is -0.121. The van der Waals surface area contributed by atoms with Gasteiger partial charge in [0.2, 0.25) is 5.91 Å². The van der Waals surface area contributed by atoms with Gasteiger partial charge in [-0.1, -0.05) is 49.5 Å². The Labute approximate surface area is 118 Å². The molecule has 1 aromatic carbocycles. The first-order valence-corrected chi connectivity index (χ1v) is 7.40. The first kappa shape index (κ1) is 15.0. The summed E-state index contributed by atoms with van der Waals surface area (Å²) in [5.74, 6) is -0.676. The number of thioether (sulfide) groups is 1. The highest BCUT2D eigenvalue weighted by Crippen LogP contribution is 2.16. The SMILES string of the molecule is CSC(C)CNC(=O)C(C(N)=S)c1ccccc1. The second-order valence-electron chi connectivity index (χ2n) is 4.04. The van der Waals surface area contributed by atoms with Gasteiger partial charge in [0.25, 0.3) is 0 Å². The highest BCUT2D eigenvalue weighted by Gasteiger charge is 2.23. The van der Waals surface area contributed by atoms with Gasteiger partial charge in [-0.05, 0) is 11.8 Å². The Balaban J connectivity index is 2.74. The van der Waals surface area contributed by atoms with Crippen molar-refractivity contribution in [3.63, 3.8) is 0 Å². The van der Waals surface area contributed by atoms with Crippen LogP contribution in [0.2, 0.25) is 0 Å². The largest absolute Gasteiger partial charge is 0.392 e. The van der Waals surface area contributed by atoms with Crippen molar-refractivity contribution in [2.45, 2.75) is 18.1 Å². The first-order chi connectivity index (χ1) is 8.56. The van der Waals surface area contributed by atoms with Crippen LogP contribution in [0, 0.1) is 0 Å². The molecule has 98 valence electrons. The summed E-state index contributed by atoms with van der Waals surface area (Å²) in [5.41, 5.74) is 6.51. The Morgan fingerprint density at radius 2 is 2.06 bits per heavy atom. The molecule has 0 aliphatic heterocycles. The quantitative estimate of drug-likeness (QED) is 0.783. The number of amides is 1. The normalized spacial score (nSPS) is 13.7. The van der Waals surface area contributed by atoms with E-state index in [-0.39, 0.29) is 10.9 Å². The number of thiocarbonyl (C=S) groups is 1. The summed E-state index contributed by atoms with van der Waals surface area (Å²) in [6, 6.07) is 9.37. The summed E-state index contributed by atoms with van der Waals surface area (Å²) in [7, 11) is 0. The van der Waals surface area contributed by atoms with Crippen molar-refractivity contribution in [2.24, 2.45) is 5.73 Å². The zero-order valence-corrected chi connectivity index (χ0v) is 12.2. The summed E-state index contributed by atoms with van der Waals surface area (Å²) in [6.07, 6.45) is 2.01. The molecule has 2 unspecified atom stereocenters. The van der Waals surface area contributed by atoms with Crippen LogP contribution in [0.1, 0.15) is 18.4 Å². The molecule has 0 fully saturated rings. The van der Waals surface area contributed by atoms with Crippen molar-refractivity contribution in [2.75, 3.05) is 12.8 Å². The molecule has 0 spiro atoms. The second kappa shape index (κ2) is 7.38. The zero-order chi connectivity index (χ0) is 13.5. The van der Waals surface area contributed by atoms with E-state index >= 15 is 0 Å². The van der Waals surface area contributed by atoms with Crippen LogP contribution in [-0.2, 0) is 4.79 Å². The van der Waals surface area contributed by atoms with Crippen molar-refractivity contribution >= 4 is 34.9 Å². The van der Waals surface area contributed by atoms with E-state index in [0.29, 0.717) is 11.8 Å². The molecule has 0 saturated heterocycles. The van der Waals surface area contributed by atoms with Gasteiger partial charge in [-0.15, -0.1) is 0 Å². The van der Waals surface area contributed by atoms with Crippen molar-refractivity contribution in [1.82, 2.24) is 5.32 Å². The minimum atomic E-state index is -0.546. The number of benzene rings is 1. The van der Waals surface area contributed by atoms with Gasteiger partial charge < -0.3 is 11.1 Å². The summed E-state index contributed by atoms with van der Waals surface area (Å²) in [6.45, 7) is 2.68. The number of hydrogen-bond acceptors (Lipinski definition) is 3. The molecular weight excluding hydrogens is 264 g/mol. The van der Waals surface area contributed by atoms with Crippen LogP contribution in [0.4, 0.5) is 0 Å². The van der Waals surface area contributed by atoms with Crippen molar-refractivity contribution < 1.29 is 4.79 Å². The van der Waals surface area contributed by atoms with Gasteiger partial charge in [0, 0.05) is 11.8 Å². The molecule has 18 heavy (non-hydrogen) atoms. The van der Waals surface area contributed by atoms with E-state index in [1.807, 2.05) is 36.6 Å². The van der Waals surface area contributed by atoms with Gasteiger partial charge in [-0.25, -0.2) is 0 Å². The third-order valence-electron chi connectivity index (χ3n) is 2.65. The minimum absolute atomic E-state index is 0.130. The van der Waals surface area contributed by atoms with E-state index in [1.54, 1.807) is 11.8 Å². The number of carbonyl (C=O) groups is 1. The molecule has 3 N–H and O–H groups in total. The van der Waals surface area contributed by atoms with Gasteiger partial charge in [0.05, 0.1) is 4.99 Å². The van der Waals surface area contributed by atoms with Gasteiger partial charge in [0.15, 0.2) is 0 Å². The van der Waals surface area contributed by atoms with E-state index in [1.165, 1.54) is 0 Å². The smallest absolute Gasteiger partial charge is 0.234 e. The Kier molecular flexibility index (Phi) is 6.15. The molecule has 1 amide bonds. The fourth-order valence-corrected chi connectivity index (χ4v) is 2.01. The van der Waals surface area contributed by atoms with Crippen LogP contribution < -0.4 is 11.1 Å². The predicted molar refractivity (Wildman–Crippen MR) is 82.0 cm³/mol. The molecule has 0 aromatic heterocycles. The maximum absolute atomic E-state index is 12.1. The summed E-state index contributed by atoms with van der Waals surface area (Å²) < 4.78 is 0. The number of nitrogens with one attached hydrogen (secondary N) is 1. The summed E-state index contributed by atoms with van der Waals surface area (Å²) >= 11 is 6.70. The highest BCUT2D eigenvalue weighted by molar-refractivity contribution is 7.99. The molecule has 0 heterocycles. The number of rotatable bonds is 6. The molecule has 1 aromatic rings. The number of hydrogen-bond donors (Lipinski definition) is 2. The molecule has 5 heteroatoms. The fraction of sp³-hybridized carbons (Fsp3) is 0.385. The molecule has 0 aliphatic rings. The van der Waals surface area contributed by atoms with Crippen LogP contribution in [-0.4, -0.2) is 28.9 Å². The molecule has 0 radical (unpaired) electrons. The van der Waals surface area contributed by atoms with Gasteiger partial charge in [-0.2, -0.15) is 11.8 Å². The predicted octanol–water partition coefficient (Wildman–Crippen LogP) is 1.92. The third-order valence-corrected chi connectivity index (χ3v) is 3.85. The van der Waals surface area contributed by atoms with E-state index < -0.39 is 5.92 Å². The summed E-state index contributed by atoms with van der Waals surface area (Å²) in [5, 5.41) is 3.26. The molecular formula is C13H18N2OS2. The number of nitrogens with two attached hydrogens (primary N) is 1. The Bertz CT molecular complexity index is 409. The zero-order valence-electron chi connectivity index (χ0n) is 10.6. The van der Waals surface area contributed by atoms with E-state index in [9.17, 15) is 4.79 Å². The van der Waals surface area contributed by atoms with E-state index in [2.05, 4.69) is 12.2 Å². The molecule has 0 bridgehead atoms. The Morgan fingerprint density at radius 1 is 1.44 bits per heavy atom. The lowest BCUT2D eigenvalue weighted by atomic mass is 9.98. The second-order valence-corrected chi connectivity index (χ2v) is 5.79. The maximum Gasteiger partial charge on any atom is 0.234 e. The fourth-order valence-electron chi connectivity index (χ4n) is 1.52. The molecule has 2 atom stereocenters. The van der Waals surface area contributed by atoms with Gasteiger partial charge in [0.1, 0.15) is 5.92 Å². The van der Waals surface area contributed by atoms with Gasteiger partial charge in [-0.3, -0.25) is 4.79 Å². The minimum Gasteiger partial charge on any atom is -0.392 e. The van der Waals surface area contributed by atoms with Crippen LogP contribution in [0.5, 0.6) is 0 Å². The van der Waals surface area contributed by atoms with E-state index in [0.717, 1.165) is 5.56 Å². The molecule has 0 aliphatic carbocycles. The maximum atomic E-state index is 12.1. The van der Waals surface area contributed by atoms with Crippen LogP contribution in [0.3, 0.4) is 0 Å². The third kappa shape index (κ3) is 4.31. The lowest BCUT2D eigenvalue weighted by Crippen LogP contribution is -2.38. The van der Waals surface area contributed by atoms with Gasteiger partial charge >= 0.3 is 0 Å².